The zero-order valence-corrected chi connectivity index (χ0v) is 17.5. The molecule has 2 aromatic heterocycles. The van der Waals surface area contributed by atoms with Crippen LogP contribution < -0.4 is 5.32 Å². The fourth-order valence-corrected chi connectivity index (χ4v) is 4.12. The Balaban J connectivity index is 1.52. The molecule has 0 atom stereocenters. The molecule has 1 aromatic carbocycles. The van der Waals surface area contributed by atoms with Gasteiger partial charge in [-0.25, -0.2) is 4.68 Å². The molecule has 1 N–H and O–H groups in total. The lowest BCUT2D eigenvalue weighted by Gasteiger charge is -2.16. The summed E-state index contributed by atoms with van der Waals surface area (Å²) in [7, 11) is 3.45. The first kappa shape index (κ1) is 20.3. The second-order valence-corrected chi connectivity index (χ2v) is 8.61. The van der Waals surface area contributed by atoms with E-state index in [0.29, 0.717) is 27.3 Å². The zero-order chi connectivity index (χ0) is 20.1. The lowest BCUT2D eigenvalue weighted by atomic mass is 10.2. The summed E-state index contributed by atoms with van der Waals surface area (Å²) >= 11 is 8.62. The number of rotatable bonds is 7. The van der Waals surface area contributed by atoms with Gasteiger partial charge in [-0.1, -0.05) is 23.4 Å². The van der Waals surface area contributed by atoms with Crippen LogP contribution in [0.2, 0.25) is 4.34 Å². The molecule has 0 bridgehead atoms. The summed E-state index contributed by atoms with van der Waals surface area (Å²) in [5.41, 5.74) is 1.16. The largest absolute Gasteiger partial charge is 0.337 e. The topological polar surface area (TPSA) is 93.0 Å². The van der Waals surface area contributed by atoms with Gasteiger partial charge in [0.1, 0.15) is 0 Å². The Morgan fingerprint density at radius 1 is 1.25 bits per heavy atom. The highest BCUT2D eigenvalue weighted by molar-refractivity contribution is 7.99. The Labute approximate surface area is 174 Å². The van der Waals surface area contributed by atoms with Gasteiger partial charge < -0.3 is 10.2 Å². The quantitative estimate of drug-likeness (QED) is 0.572. The third-order valence-electron chi connectivity index (χ3n) is 3.70. The number of nitrogens with zero attached hydrogens (tertiary/aromatic N) is 5. The highest BCUT2D eigenvalue weighted by Gasteiger charge is 2.14. The number of carbonyl (C=O) groups excluding carboxylic acids is 2. The average molecular weight is 437 g/mol. The van der Waals surface area contributed by atoms with Crippen LogP contribution in [-0.4, -0.2) is 49.7 Å². The molecule has 11 heteroatoms. The number of nitrogens with one attached hydrogen (secondary N) is 1. The molecule has 3 aromatic rings. The van der Waals surface area contributed by atoms with Crippen LogP contribution in [0.25, 0.3) is 0 Å². The molecule has 3 rings (SSSR count). The molecule has 0 spiro atoms. The Kier molecular flexibility index (Phi) is 6.65. The molecular weight excluding hydrogens is 420 g/mol. The predicted octanol–water partition coefficient (Wildman–Crippen LogP) is 2.93. The van der Waals surface area contributed by atoms with Crippen molar-refractivity contribution in [3.05, 3.63) is 51.2 Å². The second kappa shape index (κ2) is 9.18. The molecule has 0 aliphatic rings. The van der Waals surface area contributed by atoms with Crippen LogP contribution in [0.1, 0.15) is 15.2 Å². The number of amides is 2. The molecule has 2 amide bonds. The van der Waals surface area contributed by atoms with Crippen LogP contribution in [0.15, 0.2) is 41.6 Å². The maximum atomic E-state index is 12.5. The second-order valence-electron chi connectivity index (χ2n) is 5.87. The highest BCUT2D eigenvalue weighted by Crippen LogP contribution is 2.23. The Hall–Kier alpha value is -2.43. The lowest BCUT2D eigenvalue weighted by Crippen LogP contribution is -2.25. The third-order valence-corrected chi connectivity index (χ3v) is 5.92. The van der Waals surface area contributed by atoms with Crippen molar-refractivity contribution in [3.63, 3.8) is 0 Å². The van der Waals surface area contributed by atoms with Gasteiger partial charge in [0, 0.05) is 30.2 Å². The molecule has 146 valence electrons. The number of thiophene rings is 1. The molecule has 2 heterocycles. The number of tetrazole rings is 1. The van der Waals surface area contributed by atoms with Gasteiger partial charge in [0.25, 0.3) is 5.91 Å². The first-order valence-electron chi connectivity index (χ1n) is 8.17. The number of hydrogen-bond donors (Lipinski definition) is 1. The van der Waals surface area contributed by atoms with Crippen molar-refractivity contribution in [2.75, 3.05) is 18.1 Å². The van der Waals surface area contributed by atoms with E-state index in [9.17, 15) is 9.59 Å². The summed E-state index contributed by atoms with van der Waals surface area (Å²) < 4.78 is 2.20. The number of aryl methyl sites for hydroxylation is 1. The summed E-state index contributed by atoms with van der Waals surface area (Å²) in [5.74, 6) is -0.104. The number of benzene rings is 1. The van der Waals surface area contributed by atoms with Gasteiger partial charge >= 0.3 is 0 Å². The Bertz CT molecular complexity index is 972. The molecular formula is C17H17ClN6O2S2. The minimum atomic E-state index is -0.182. The van der Waals surface area contributed by atoms with Crippen molar-refractivity contribution in [2.24, 2.45) is 7.05 Å². The fourth-order valence-electron chi connectivity index (χ4n) is 2.33. The van der Waals surface area contributed by atoms with Crippen molar-refractivity contribution in [1.29, 1.82) is 0 Å². The SMILES string of the molecule is CN(Cc1ccc(Cl)s1)C(=O)c1ccc(NC(=O)CSc2nnnn2C)cc1. The monoisotopic (exact) mass is 436 g/mol. The van der Waals surface area contributed by atoms with Crippen molar-refractivity contribution >= 4 is 52.2 Å². The standard InChI is InChI=1S/C17H17ClN6O2S2/c1-23(9-13-7-8-14(18)28-13)16(26)11-3-5-12(6-4-11)19-15(25)10-27-17-20-21-22-24(17)2/h3-8H,9-10H2,1-2H3,(H,19,25). The van der Waals surface area contributed by atoms with E-state index in [-0.39, 0.29) is 17.6 Å². The van der Waals surface area contributed by atoms with Crippen molar-refractivity contribution in [2.45, 2.75) is 11.7 Å². The normalized spacial score (nSPS) is 10.7. The van der Waals surface area contributed by atoms with Gasteiger partial charge in [0.15, 0.2) is 0 Å². The van der Waals surface area contributed by atoms with Crippen LogP contribution in [0.3, 0.4) is 0 Å². The molecule has 28 heavy (non-hydrogen) atoms. The van der Waals surface area contributed by atoms with Gasteiger partial charge in [0.05, 0.1) is 16.6 Å². The minimum Gasteiger partial charge on any atom is -0.337 e. The molecule has 0 radical (unpaired) electrons. The summed E-state index contributed by atoms with van der Waals surface area (Å²) in [6, 6.07) is 10.5. The van der Waals surface area contributed by atoms with Gasteiger partial charge in [-0.3, -0.25) is 9.59 Å². The predicted molar refractivity (Wildman–Crippen MR) is 110 cm³/mol. The van der Waals surface area contributed by atoms with E-state index >= 15 is 0 Å². The number of carbonyl (C=O) groups is 2. The van der Waals surface area contributed by atoms with E-state index in [4.69, 9.17) is 11.6 Å². The molecule has 0 aliphatic heterocycles. The Morgan fingerprint density at radius 3 is 2.61 bits per heavy atom. The van der Waals surface area contributed by atoms with Gasteiger partial charge in [0.2, 0.25) is 11.1 Å². The van der Waals surface area contributed by atoms with Crippen molar-refractivity contribution < 1.29 is 9.59 Å². The number of hydrogen-bond acceptors (Lipinski definition) is 7. The van der Waals surface area contributed by atoms with Crippen LogP contribution in [0.4, 0.5) is 5.69 Å². The smallest absolute Gasteiger partial charge is 0.253 e. The first-order chi connectivity index (χ1) is 13.4. The minimum absolute atomic E-state index is 0.104. The molecule has 8 nitrogen and oxygen atoms in total. The first-order valence-corrected chi connectivity index (χ1v) is 10.3. The van der Waals surface area contributed by atoms with E-state index < -0.39 is 0 Å². The highest BCUT2D eigenvalue weighted by atomic mass is 35.5. The number of thioether (sulfide) groups is 1. The van der Waals surface area contributed by atoms with E-state index in [1.54, 1.807) is 43.3 Å². The summed E-state index contributed by atoms with van der Waals surface area (Å²) in [4.78, 5) is 27.2. The maximum Gasteiger partial charge on any atom is 0.253 e. The van der Waals surface area contributed by atoms with Gasteiger partial charge in [-0.15, -0.1) is 16.4 Å². The van der Waals surface area contributed by atoms with Gasteiger partial charge in [-0.2, -0.15) is 0 Å². The lowest BCUT2D eigenvalue weighted by molar-refractivity contribution is -0.113. The van der Waals surface area contributed by atoms with E-state index in [1.165, 1.54) is 27.8 Å². The zero-order valence-electron chi connectivity index (χ0n) is 15.1. The summed E-state index contributed by atoms with van der Waals surface area (Å²) in [5, 5.41) is 14.4. The number of aromatic nitrogens is 4. The van der Waals surface area contributed by atoms with Gasteiger partial charge in [-0.05, 0) is 46.8 Å². The third kappa shape index (κ3) is 5.31. The maximum absolute atomic E-state index is 12.5. The van der Waals surface area contributed by atoms with Crippen molar-refractivity contribution in [1.82, 2.24) is 25.1 Å². The van der Waals surface area contributed by atoms with Crippen molar-refractivity contribution in [3.8, 4) is 0 Å². The van der Waals surface area contributed by atoms with E-state index in [2.05, 4.69) is 20.8 Å². The molecule has 0 aliphatic carbocycles. The molecule has 0 saturated heterocycles. The molecule has 0 unspecified atom stereocenters. The summed E-state index contributed by atoms with van der Waals surface area (Å²) in [6.45, 7) is 0.489. The fraction of sp³-hybridized carbons (Fsp3) is 0.235. The van der Waals surface area contributed by atoms with E-state index in [0.717, 1.165) is 4.88 Å². The van der Waals surface area contributed by atoms with E-state index in [1.807, 2.05) is 12.1 Å². The number of anilines is 1. The number of halogens is 1. The van der Waals surface area contributed by atoms with Crippen LogP contribution >= 0.6 is 34.7 Å². The van der Waals surface area contributed by atoms with Crippen LogP contribution in [0, 0.1) is 0 Å². The average Bonchev–Trinajstić information content (AvgIpc) is 3.27. The Morgan fingerprint density at radius 2 is 2.00 bits per heavy atom. The summed E-state index contributed by atoms with van der Waals surface area (Å²) in [6.07, 6.45) is 0. The van der Waals surface area contributed by atoms with Crippen LogP contribution in [-0.2, 0) is 18.4 Å². The molecule has 0 fully saturated rings. The molecule has 0 saturated carbocycles. The van der Waals surface area contributed by atoms with Crippen LogP contribution in [0.5, 0.6) is 0 Å².